The molecule has 2 fully saturated rings. The van der Waals surface area contributed by atoms with Crippen LogP contribution in [-0.4, -0.2) is 46.1 Å². The maximum absolute atomic E-state index is 12.7. The minimum absolute atomic E-state index is 0.0743. The molecule has 2 aliphatic heterocycles. The Balaban J connectivity index is 1.72. The Morgan fingerprint density at radius 2 is 1.95 bits per heavy atom. The molecule has 3 rings (SSSR count). The van der Waals surface area contributed by atoms with E-state index < -0.39 is 0 Å². The predicted molar refractivity (Wildman–Crippen MR) is 77.9 cm³/mol. The number of likely N-dealkylation sites (tertiary alicyclic amines) is 1. The standard InChI is InChI=1S/C15H22N4O2/c1-10-13(11(2)18(3)17-10)14(21)19-6-4-15(5-7-19)8-12(20)16-9-15/h4-9H2,1-3H3,(H,16,20). The molecule has 2 saturated heterocycles. The smallest absolute Gasteiger partial charge is 0.257 e. The third-order valence-corrected chi connectivity index (χ3v) is 5.03. The molecule has 0 unspecified atom stereocenters. The van der Waals surface area contributed by atoms with Crippen LogP contribution in [0.5, 0.6) is 0 Å². The molecule has 2 amide bonds. The molecule has 0 aromatic carbocycles. The number of nitrogens with zero attached hydrogens (tertiary/aromatic N) is 3. The van der Waals surface area contributed by atoms with Gasteiger partial charge in [0.25, 0.3) is 5.91 Å². The van der Waals surface area contributed by atoms with Gasteiger partial charge in [0.1, 0.15) is 0 Å². The summed E-state index contributed by atoms with van der Waals surface area (Å²) in [5.74, 6) is 0.221. The summed E-state index contributed by atoms with van der Waals surface area (Å²) in [7, 11) is 1.86. The molecule has 6 heteroatoms. The fourth-order valence-corrected chi connectivity index (χ4v) is 3.53. The first kappa shape index (κ1) is 14.1. The van der Waals surface area contributed by atoms with E-state index in [0.717, 1.165) is 49.4 Å². The lowest BCUT2D eigenvalue weighted by Crippen LogP contribution is -2.44. The van der Waals surface area contributed by atoms with Gasteiger partial charge in [-0.05, 0) is 32.1 Å². The molecule has 6 nitrogen and oxygen atoms in total. The van der Waals surface area contributed by atoms with Crippen molar-refractivity contribution >= 4 is 11.8 Å². The maximum atomic E-state index is 12.7. The first-order chi connectivity index (χ1) is 9.92. The molecule has 1 aromatic rings. The molecular weight excluding hydrogens is 268 g/mol. The van der Waals surface area contributed by atoms with Crippen molar-refractivity contribution < 1.29 is 9.59 Å². The minimum Gasteiger partial charge on any atom is -0.356 e. The summed E-state index contributed by atoms with van der Waals surface area (Å²) in [5, 5.41) is 7.24. The van der Waals surface area contributed by atoms with Crippen LogP contribution in [0.15, 0.2) is 0 Å². The first-order valence-corrected chi connectivity index (χ1v) is 7.48. The van der Waals surface area contributed by atoms with Crippen LogP contribution in [0.2, 0.25) is 0 Å². The minimum atomic E-state index is 0.0743. The van der Waals surface area contributed by atoms with Crippen molar-refractivity contribution in [2.45, 2.75) is 33.1 Å². The summed E-state index contributed by atoms with van der Waals surface area (Å²) in [6.07, 6.45) is 2.41. The second kappa shape index (κ2) is 4.86. The van der Waals surface area contributed by atoms with Crippen molar-refractivity contribution in [3.05, 3.63) is 17.0 Å². The Kier molecular flexibility index (Phi) is 3.26. The molecule has 1 N–H and O–H groups in total. The maximum Gasteiger partial charge on any atom is 0.257 e. The van der Waals surface area contributed by atoms with Gasteiger partial charge in [-0.2, -0.15) is 5.10 Å². The molecule has 1 spiro atoms. The second-order valence-corrected chi connectivity index (χ2v) is 6.42. The average molecular weight is 290 g/mol. The number of aryl methyl sites for hydroxylation is 2. The summed E-state index contributed by atoms with van der Waals surface area (Å²) >= 11 is 0. The largest absolute Gasteiger partial charge is 0.356 e. The zero-order valence-corrected chi connectivity index (χ0v) is 12.9. The quantitative estimate of drug-likeness (QED) is 0.831. The van der Waals surface area contributed by atoms with E-state index in [0.29, 0.717) is 6.42 Å². The van der Waals surface area contributed by atoms with E-state index in [9.17, 15) is 9.59 Å². The van der Waals surface area contributed by atoms with Gasteiger partial charge in [-0.3, -0.25) is 14.3 Å². The number of nitrogens with one attached hydrogen (secondary N) is 1. The number of rotatable bonds is 1. The van der Waals surface area contributed by atoms with Crippen LogP contribution in [0.3, 0.4) is 0 Å². The van der Waals surface area contributed by atoms with Crippen molar-refractivity contribution in [2.24, 2.45) is 12.5 Å². The van der Waals surface area contributed by atoms with Crippen LogP contribution in [0, 0.1) is 19.3 Å². The fraction of sp³-hybridized carbons (Fsp3) is 0.667. The number of amides is 2. The number of carbonyl (C=O) groups is 2. The lowest BCUT2D eigenvalue weighted by atomic mass is 9.77. The summed E-state index contributed by atoms with van der Waals surface area (Å²) in [4.78, 5) is 26.1. The first-order valence-electron chi connectivity index (χ1n) is 7.48. The zero-order valence-electron chi connectivity index (χ0n) is 12.9. The highest BCUT2D eigenvalue weighted by molar-refractivity contribution is 5.96. The van der Waals surface area contributed by atoms with Gasteiger partial charge in [-0.15, -0.1) is 0 Å². The summed E-state index contributed by atoms with van der Waals surface area (Å²) in [6.45, 7) is 6.02. The Labute approximate surface area is 124 Å². The third kappa shape index (κ3) is 2.32. The van der Waals surface area contributed by atoms with Gasteiger partial charge >= 0.3 is 0 Å². The van der Waals surface area contributed by atoms with Gasteiger partial charge in [-0.1, -0.05) is 0 Å². The van der Waals surface area contributed by atoms with Crippen LogP contribution in [0.25, 0.3) is 0 Å². The van der Waals surface area contributed by atoms with E-state index in [1.54, 1.807) is 4.68 Å². The van der Waals surface area contributed by atoms with E-state index >= 15 is 0 Å². The Bertz CT molecular complexity index is 597. The zero-order chi connectivity index (χ0) is 15.2. The predicted octanol–water partition coefficient (Wildman–Crippen LogP) is 0.779. The van der Waals surface area contributed by atoms with Crippen molar-refractivity contribution in [3.8, 4) is 0 Å². The molecule has 0 bridgehead atoms. The van der Waals surface area contributed by atoms with E-state index in [4.69, 9.17) is 0 Å². The van der Waals surface area contributed by atoms with Crippen LogP contribution < -0.4 is 5.32 Å². The van der Waals surface area contributed by atoms with Crippen LogP contribution in [0.4, 0.5) is 0 Å². The number of piperidine rings is 1. The van der Waals surface area contributed by atoms with Crippen molar-refractivity contribution in [2.75, 3.05) is 19.6 Å². The SMILES string of the molecule is Cc1nn(C)c(C)c1C(=O)N1CCC2(CC1)CNC(=O)C2. The van der Waals surface area contributed by atoms with E-state index in [1.807, 2.05) is 25.8 Å². The van der Waals surface area contributed by atoms with E-state index in [1.165, 1.54) is 0 Å². The Hall–Kier alpha value is -1.85. The molecule has 2 aliphatic rings. The average Bonchev–Trinajstić information content (AvgIpc) is 2.91. The molecule has 114 valence electrons. The van der Waals surface area contributed by atoms with Crippen molar-refractivity contribution in [1.29, 1.82) is 0 Å². The van der Waals surface area contributed by atoms with Gasteiger partial charge in [0.15, 0.2) is 0 Å². The fourth-order valence-electron chi connectivity index (χ4n) is 3.53. The third-order valence-electron chi connectivity index (χ3n) is 5.03. The van der Waals surface area contributed by atoms with Gasteiger partial charge < -0.3 is 10.2 Å². The van der Waals surface area contributed by atoms with Crippen molar-refractivity contribution in [1.82, 2.24) is 20.0 Å². The van der Waals surface area contributed by atoms with Gasteiger partial charge in [-0.25, -0.2) is 0 Å². The number of hydrogen-bond acceptors (Lipinski definition) is 3. The summed E-state index contributed by atoms with van der Waals surface area (Å²) in [6, 6.07) is 0. The molecule has 0 atom stereocenters. The van der Waals surface area contributed by atoms with E-state index in [-0.39, 0.29) is 17.2 Å². The molecular formula is C15H22N4O2. The molecule has 21 heavy (non-hydrogen) atoms. The normalized spacial score (nSPS) is 20.9. The van der Waals surface area contributed by atoms with E-state index in [2.05, 4.69) is 10.4 Å². The topological polar surface area (TPSA) is 67.2 Å². The molecule has 0 radical (unpaired) electrons. The number of aromatic nitrogens is 2. The number of carbonyl (C=O) groups excluding carboxylic acids is 2. The van der Waals surface area contributed by atoms with Crippen LogP contribution in [0.1, 0.15) is 41.0 Å². The number of hydrogen-bond donors (Lipinski definition) is 1. The van der Waals surface area contributed by atoms with Gasteiger partial charge in [0.05, 0.1) is 11.3 Å². The second-order valence-electron chi connectivity index (χ2n) is 6.42. The van der Waals surface area contributed by atoms with Crippen LogP contribution in [-0.2, 0) is 11.8 Å². The molecule has 3 heterocycles. The highest BCUT2D eigenvalue weighted by Crippen LogP contribution is 2.37. The van der Waals surface area contributed by atoms with Crippen LogP contribution >= 0.6 is 0 Å². The lowest BCUT2D eigenvalue weighted by molar-refractivity contribution is -0.119. The van der Waals surface area contributed by atoms with Gasteiger partial charge in [0.2, 0.25) is 5.91 Å². The highest BCUT2D eigenvalue weighted by Gasteiger charge is 2.42. The Morgan fingerprint density at radius 3 is 2.43 bits per heavy atom. The summed E-state index contributed by atoms with van der Waals surface area (Å²) < 4.78 is 1.76. The molecule has 0 aliphatic carbocycles. The van der Waals surface area contributed by atoms with Crippen molar-refractivity contribution in [3.63, 3.8) is 0 Å². The molecule has 1 aromatic heterocycles. The molecule has 0 saturated carbocycles. The highest BCUT2D eigenvalue weighted by atomic mass is 16.2. The lowest BCUT2D eigenvalue weighted by Gasteiger charge is -2.38. The Morgan fingerprint density at radius 1 is 1.29 bits per heavy atom. The monoisotopic (exact) mass is 290 g/mol. The summed E-state index contributed by atoms with van der Waals surface area (Å²) in [5.41, 5.74) is 2.51. The van der Waals surface area contributed by atoms with Gasteiger partial charge in [0, 0.05) is 38.8 Å².